The highest BCUT2D eigenvalue weighted by molar-refractivity contribution is 5.85. The average Bonchev–Trinajstić information content (AvgIpc) is 2.40. The number of carbonyl (C=O) groups excluding carboxylic acids is 1. The molecule has 116 valence electrons. The van der Waals surface area contributed by atoms with Gasteiger partial charge in [0.25, 0.3) is 0 Å². The molecular formula is C15H27ClN2O2. The SMILES string of the molecule is C/C=C/CC(=O)NC(C1CCNCC1)C1CC(O)C1.Cl. The van der Waals surface area contributed by atoms with E-state index in [0.29, 0.717) is 18.3 Å². The Kier molecular flexibility index (Phi) is 7.56. The first-order chi connectivity index (χ1) is 9.20. The molecule has 1 heterocycles. The minimum Gasteiger partial charge on any atom is -0.393 e. The van der Waals surface area contributed by atoms with Gasteiger partial charge in [0.15, 0.2) is 0 Å². The Morgan fingerprint density at radius 3 is 2.55 bits per heavy atom. The van der Waals surface area contributed by atoms with Gasteiger partial charge in [0.05, 0.1) is 6.10 Å². The van der Waals surface area contributed by atoms with Crippen LogP contribution in [0.5, 0.6) is 0 Å². The van der Waals surface area contributed by atoms with E-state index < -0.39 is 0 Å². The van der Waals surface area contributed by atoms with Crippen LogP contribution in [0.4, 0.5) is 0 Å². The summed E-state index contributed by atoms with van der Waals surface area (Å²) in [5.41, 5.74) is 0. The molecule has 1 aliphatic heterocycles. The maximum absolute atomic E-state index is 11.9. The first-order valence-electron chi connectivity index (χ1n) is 7.50. The van der Waals surface area contributed by atoms with Gasteiger partial charge in [-0.3, -0.25) is 4.79 Å². The molecule has 1 unspecified atom stereocenters. The van der Waals surface area contributed by atoms with Gasteiger partial charge in [0, 0.05) is 12.5 Å². The predicted octanol–water partition coefficient (Wildman–Crippen LogP) is 1.63. The van der Waals surface area contributed by atoms with Crippen LogP contribution in [0.15, 0.2) is 12.2 Å². The highest BCUT2D eigenvalue weighted by Crippen LogP contribution is 2.35. The molecule has 3 N–H and O–H groups in total. The minimum absolute atomic E-state index is 0. The molecule has 2 rings (SSSR count). The standard InChI is InChI=1S/C15H26N2O2.ClH/c1-2-3-4-14(19)17-15(12-9-13(18)10-12)11-5-7-16-8-6-11;/h2-3,11-13,15-16,18H,4-10H2,1H3,(H,17,19);1H/b3-2+;. The van der Waals surface area contributed by atoms with E-state index in [2.05, 4.69) is 10.6 Å². The van der Waals surface area contributed by atoms with E-state index in [1.54, 1.807) is 0 Å². The molecule has 4 nitrogen and oxygen atoms in total. The van der Waals surface area contributed by atoms with E-state index in [9.17, 15) is 9.90 Å². The molecule has 0 spiro atoms. The highest BCUT2D eigenvalue weighted by atomic mass is 35.5. The van der Waals surface area contributed by atoms with Crippen LogP contribution in [0.3, 0.4) is 0 Å². The van der Waals surface area contributed by atoms with Crippen LogP contribution >= 0.6 is 12.4 Å². The summed E-state index contributed by atoms with van der Waals surface area (Å²) in [6.07, 6.45) is 8.06. The number of allylic oxidation sites excluding steroid dienone is 1. The van der Waals surface area contributed by atoms with Crippen LogP contribution in [0.1, 0.15) is 39.0 Å². The molecular weight excluding hydrogens is 276 g/mol. The minimum atomic E-state index is -0.151. The molecule has 0 aromatic rings. The summed E-state index contributed by atoms with van der Waals surface area (Å²) in [6.45, 7) is 4.02. The van der Waals surface area contributed by atoms with Crippen molar-refractivity contribution in [1.82, 2.24) is 10.6 Å². The number of aliphatic hydroxyl groups is 1. The molecule has 0 radical (unpaired) electrons. The molecule has 1 aliphatic carbocycles. The lowest BCUT2D eigenvalue weighted by Gasteiger charge is -2.43. The van der Waals surface area contributed by atoms with Crippen LogP contribution in [0, 0.1) is 11.8 Å². The summed E-state index contributed by atoms with van der Waals surface area (Å²) in [5.74, 6) is 1.14. The van der Waals surface area contributed by atoms with Gasteiger partial charge in [-0.1, -0.05) is 12.2 Å². The third-order valence-corrected chi connectivity index (χ3v) is 4.42. The normalized spacial score (nSPS) is 28.5. The van der Waals surface area contributed by atoms with Gasteiger partial charge >= 0.3 is 0 Å². The van der Waals surface area contributed by atoms with Gasteiger partial charge in [-0.05, 0) is 57.5 Å². The Labute approximate surface area is 127 Å². The van der Waals surface area contributed by atoms with E-state index in [1.165, 1.54) is 0 Å². The van der Waals surface area contributed by atoms with Crippen molar-refractivity contribution < 1.29 is 9.90 Å². The monoisotopic (exact) mass is 302 g/mol. The zero-order valence-electron chi connectivity index (χ0n) is 12.2. The lowest BCUT2D eigenvalue weighted by Crippen LogP contribution is -2.52. The summed E-state index contributed by atoms with van der Waals surface area (Å²) in [5, 5.41) is 16.1. The number of rotatable bonds is 5. The van der Waals surface area contributed by atoms with Crippen LogP contribution in [-0.2, 0) is 4.79 Å². The van der Waals surface area contributed by atoms with Gasteiger partial charge in [0.1, 0.15) is 0 Å². The van der Waals surface area contributed by atoms with Gasteiger partial charge in [-0.25, -0.2) is 0 Å². The fourth-order valence-corrected chi connectivity index (χ4v) is 3.22. The van der Waals surface area contributed by atoms with E-state index in [4.69, 9.17) is 0 Å². The molecule has 1 saturated heterocycles. The molecule has 2 fully saturated rings. The van der Waals surface area contributed by atoms with Crippen molar-refractivity contribution in [2.24, 2.45) is 11.8 Å². The number of hydrogen-bond acceptors (Lipinski definition) is 3. The van der Waals surface area contributed by atoms with Crippen LogP contribution in [0.2, 0.25) is 0 Å². The van der Waals surface area contributed by atoms with Crippen molar-refractivity contribution in [2.75, 3.05) is 13.1 Å². The van der Waals surface area contributed by atoms with Crippen LogP contribution < -0.4 is 10.6 Å². The van der Waals surface area contributed by atoms with Crippen molar-refractivity contribution >= 4 is 18.3 Å². The highest BCUT2D eigenvalue weighted by Gasteiger charge is 2.38. The number of halogens is 1. The van der Waals surface area contributed by atoms with E-state index in [-0.39, 0.29) is 30.5 Å². The van der Waals surface area contributed by atoms with E-state index in [1.807, 2.05) is 19.1 Å². The lowest BCUT2D eigenvalue weighted by molar-refractivity contribution is -0.123. The van der Waals surface area contributed by atoms with Crippen LogP contribution in [0.25, 0.3) is 0 Å². The van der Waals surface area contributed by atoms with Crippen molar-refractivity contribution in [3.8, 4) is 0 Å². The smallest absolute Gasteiger partial charge is 0.224 e. The largest absolute Gasteiger partial charge is 0.393 e. The van der Waals surface area contributed by atoms with Gasteiger partial charge in [-0.2, -0.15) is 0 Å². The molecule has 1 atom stereocenters. The van der Waals surface area contributed by atoms with Crippen molar-refractivity contribution in [2.45, 2.75) is 51.2 Å². The van der Waals surface area contributed by atoms with Gasteiger partial charge in [0.2, 0.25) is 5.91 Å². The van der Waals surface area contributed by atoms with Crippen LogP contribution in [-0.4, -0.2) is 36.2 Å². The van der Waals surface area contributed by atoms with Crippen molar-refractivity contribution in [3.05, 3.63) is 12.2 Å². The van der Waals surface area contributed by atoms with Crippen molar-refractivity contribution in [3.63, 3.8) is 0 Å². The predicted molar refractivity (Wildman–Crippen MR) is 82.9 cm³/mol. The topological polar surface area (TPSA) is 61.4 Å². The molecule has 2 aliphatic rings. The Morgan fingerprint density at radius 2 is 2.00 bits per heavy atom. The average molecular weight is 303 g/mol. The molecule has 1 amide bonds. The zero-order chi connectivity index (χ0) is 13.7. The maximum atomic E-state index is 11.9. The lowest BCUT2D eigenvalue weighted by atomic mass is 9.71. The second-order valence-electron chi connectivity index (χ2n) is 5.84. The number of carbonyl (C=O) groups is 1. The number of piperidine rings is 1. The molecule has 0 aromatic heterocycles. The number of hydrogen-bond donors (Lipinski definition) is 3. The Bertz CT molecular complexity index is 324. The fourth-order valence-electron chi connectivity index (χ4n) is 3.22. The summed E-state index contributed by atoms with van der Waals surface area (Å²) in [4.78, 5) is 11.9. The van der Waals surface area contributed by atoms with E-state index in [0.717, 1.165) is 38.8 Å². The number of nitrogens with one attached hydrogen (secondary N) is 2. The van der Waals surface area contributed by atoms with Gasteiger partial charge in [-0.15, -0.1) is 12.4 Å². The van der Waals surface area contributed by atoms with Crippen molar-refractivity contribution in [1.29, 1.82) is 0 Å². The summed E-state index contributed by atoms with van der Waals surface area (Å²) < 4.78 is 0. The molecule has 5 heteroatoms. The molecule has 1 saturated carbocycles. The fraction of sp³-hybridized carbons (Fsp3) is 0.800. The Morgan fingerprint density at radius 1 is 1.35 bits per heavy atom. The number of aliphatic hydroxyl groups excluding tert-OH is 1. The summed E-state index contributed by atoms with van der Waals surface area (Å²) in [7, 11) is 0. The second-order valence-corrected chi connectivity index (χ2v) is 5.84. The first kappa shape index (κ1) is 17.5. The Balaban J connectivity index is 0.00000200. The van der Waals surface area contributed by atoms with E-state index >= 15 is 0 Å². The first-order valence-corrected chi connectivity index (χ1v) is 7.50. The zero-order valence-corrected chi connectivity index (χ0v) is 13.0. The van der Waals surface area contributed by atoms with Gasteiger partial charge < -0.3 is 15.7 Å². The maximum Gasteiger partial charge on any atom is 0.224 e. The third-order valence-electron chi connectivity index (χ3n) is 4.42. The summed E-state index contributed by atoms with van der Waals surface area (Å²) >= 11 is 0. The molecule has 20 heavy (non-hydrogen) atoms. The summed E-state index contributed by atoms with van der Waals surface area (Å²) in [6, 6.07) is 0.253. The quantitative estimate of drug-likeness (QED) is 0.677. The number of amides is 1. The Hall–Kier alpha value is -0.580. The second kappa shape index (κ2) is 8.65. The third kappa shape index (κ3) is 4.76. The molecule has 0 bridgehead atoms. The molecule has 0 aromatic carbocycles.